The van der Waals surface area contributed by atoms with E-state index < -0.39 is 0 Å². The second kappa shape index (κ2) is 6.44. The van der Waals surface area contributed by atoms with Crippen molar-refractivity contribution in [3.63, 3.8) is 0 Å². The Hall–Kier alpha value is -1.29. The maximum absolute atomic E-state index is 13.0. The van der Waals surface area contributed by atoms with Crippen molar-refractivity contribution in [1.82, 2.24) is 0 Å². The first-order valence-corrected chi connectivity index (χ1v) is 6.80. The monoisotopic (exact) mass is 313 g/mol. The molecule has 2 aromatic carbocycles. The highest BCUT2D eigenvalue weighted by molar-refractivity contribution is 6.32. The lowest BCUT2D eigenvalue weighted by Crippen LogP contribution is -2.13. The summed E-state index contributed by atoms with van der Waals surface area (Å²) in [4.78, 5) is 0. The molecule has 0 saturated carbocycles. The normalized spacial score (nSPS) is 12.2. The zero-order valence-electron chi connectivity index (χ0n) is 10.9. The van der Waals surface area contributed by atoms with Crippen molar-refractivity contribution in [3.8, 4) is 5.75 Å². The Morgan fingerprint density at radius 1 is 1.15 bits per heavy atom. The van der Waals surface area contributed by atoms with E-state index in [1.165, 1.54) is 12.1 Å². The lowest BCUT2D eigenvalue weighted by molar-refractivity contribution is 0.414. The van der Waals surface area contributed by atoms with Gasteiger partial charge in [0.25, 0.3) is 0 Å². The molecule has 0 aliphatic rings. The molecule has 2 rings (SSSR count). The highest BCUT2D eigenvalue weighted by atomic mass is 35.5. The van der Waals surface area contributed by atoms with Crippen molar-refractivity contribution < 1.29 is 9.13 Å². The molecule has 0 fully saturated rings. The number of halogens is 3. The molecule has 1 unspecified atom stereocenters. The summed E-state index contributed by atoms with van der Waals surface area (Å²) in [6.07, 6.45) is 0.504. The van der Waals surface area contributed by atoms with Gasteiger partial charge in [0, 0.05) is 11.1 Å². The van der Waals surface area contributed by atoms with Gasteiger partial charge in [-0.3, -0.25) is 0 Å². The average molecular weight is 314 g/mol. The Morgan fingerprint density at radius 3 is 2.55 bits per heavy atom. The van der Waals surface area contributed by atoms with E-state index in [4.69, 9.17) is 33.7 Å². The molecule has 0 saturated heterocycles. The van der Waals surface area contributed by atoms with Crippen LogP contribution in [0, 0.1) is 5.82 Å². The summed E-state index contributed by atoms with van der Waals surface area (Å²) in [6, 6.07) is 9.40. The third-order valence-electron chi connectivity index (χ3n) is 3.06. The van der Waals surface area contributed by atoms with E-state index in [-0.39, 0.29) is 11.9 Å². The predicted molar refractivity (Wildman–Crippen MR) is 80.0 cm³/mol. The summed E-state index contributed by atoms with van der Waals surface area (Å²) in [5.41, 5.74) is 7.84. The van der Waals surface area contributed by atoms with Crippen LogP contribution in [0.1, 0.15) is 17.2 Å². The first-order valence-electron chi connectivity index (χ1n) is 6.04. The molecule has 2 nitrogen and oxygen atoms in total. The Labute approximate surface area is 127 Å². The molecule has 106 valence electrons. The van der Waals surface area contributed by atoms with Gasteiger partial charge in [0.15, 0.2) is 0 Å². The maximum atomic E-state index is 13.0. The molecule has 0 heterocycles. The number of rotatable bonds is 4. The van der Waals surface area contributed by atoms with Crippen LogP contribution < -0.4 is 10.5 Å². The fourth-order valence-corrected chi connectivity index (χ4v) is 2.39. The van der Waals surface area contributed by atoms with Gasteiger partial charge < -0.3 is 10.5 Å². The van der Waals surface area contributed by atoms with Gasteiger partial charge >= 0.3 is 0 Å². The average Bonchev–Trinajstić information content (AvgIpc) is 2.42. The van der Waals surface area contributed by atoms with Gasteiger partial charge in [0.1, 0.15) is 11.6 Å². The van der Waals surface area contributed by atoms with Crippen molar-refractivity contribution >= 4 is 23.2 Å². The number of ether oxygens (including phenoxy) is 1. The summed E-state index contributed by atoms with van der Waals surface area (Å²) in [7, 11) is 1.55. The molecule has 0 radical (unpaired) electrons. The molecule has 0 amide bonds. The second-order valence-electron chi connectivity index (χ2n) is 4.44. The summed E-state index contributed by atoms with van der Waals surface area (Å²) in [6.45, 7) is 0. The lowest BCUT2D eigenvalue weighted by atomic mass is 9.99. The van der Waals surface area contributed by atoms with Crippen molar-refractivity contribution in [2.24, 2.45) is 5.73 Å². The highest BCUT2D eigenvalue weighted by Crippen LogP contribution is 2.29. The topological polar surface area (TPSA) is 35.2 Å². The van der Waals surface area contributed by atoms with Crippen LogP contribution in [0.25, 0.3) is 0 Å². The van der Waals surface area contributed by atoms with E-state index in [1.807, 2.05) is 6.07 Å². The van der Waals surface area contributed by atoms with Gasteiger partial charge in [-0.2, -0.15) is 0 Å². The largest absolute Gasteiger partial charge is 0.495 e. The van der Waals surface area contributed by atoms with Crippen LogP contribution in [-0.2, 0) is 6.42 Å². The van der Waals surface area contributed by atoms with Gasteiger partial charge in [-0.15, -0.1) is 0 Å². The SMILES string of the molecule is COc1cc(C(N)Cc2ccc(F)cc2Cl)ccc1Cl. The van der Waals surface area contributed by atoms with Gasteiger partial charge in [-0.25, -0.2) is 4.39 Å². The molecular weight excluding hydrogens is 300 g/mol. The predicted octanol–water partition coefficient (Wildman–Crippen LogP) is 4.38. The minimum Gasteiger partial charge on any atom is -0.495 e. The van der Waals surface area contributed by atoms with E-state index >= 15 is 0 Å². The van der Waals surface area contributed by atoms with Crippen molar-refractivity contribution in [2.45, 2.75) is 12.5 Å². The van der Waals surface area contributed by atoms with E-state index in [2.05, 4.69) is 0 Å². The molecular formula is C15H14Cl2FNO. The number of hydrogen-bond donors (Lipinski definition) is 1. The number of methoxy groups -OCH3 is 1. The fraction of sp³-hybridized carbons (Fsp3) is 0.200. The van der Waals surface area contributed by atoms with Crippen LogP contribution in [0.3, 0.4) is 0 Å². The van der Waals surface area contributed by atoms with Gasteiger partial charge in [0.05, 0.1) is 12.1 Å². The smallest absolute Gasteiger partial charge is 0.137 e. The molecule has 0 bridgehead atoms. The van der Waals surface area contributed by atoms with E-state index in [1.54, 1.807) is 25.3 Å². The first kappa shape index (κ1) is 15.1. The molecule has 20 heavy (non-hydrogen) atoms. The quantitative estimate of drug-likeness (QED) is 0.909. The molecule has 0 aliphatic heterocycles. The van der Waals surface area contributed by atoms with Gasteiger partial charge in [0.2, 0.25) is 0 Å². The molecule has 0 aromatic heterocycles. The Kier molecular flexibility index (Phi) is 4.86. The second-order valence-corrected chi connectivity index (χ2v) is 5.25. The molecule has 1 atom stereocenters. The van der Waals surface area contributed by atoms with Crippen LogP contribution in [0.5, 0.6) is 5.75 Å². The van der Waals surface area contributed by atoms with E-state index in [0.29, 0.717) is 22.2 Å². The zero-order valence-corrected chi connectivity index (χ0v) is 12.4. The van der Waals surface area contributed by atoms with Gasteiger partial charge in [-0.05, 0) is 41.8 Å². The fourth-order valence-electron chi connectivity index (χ4n) is 1.95. The standard InChI is InChI=1S/C15H14Cl2FNO/c1-20-15-7-10(3-5-12(15)16)14(19)6-9-2-4-11(18)8-13(9)17/h2-5,7-8,14H,6,19H2,1H3. The number of hydrogen-bond acceptors (Lipinski definition) is 2. The van der Waals surface area contributed by atoms with E-state index in [0.717, 1.165) is 11.1 Å². The zero-order chi connectivity index (χ0) is 14.7. The summed E-state index contributed by atoms with van der Waals surface area (Å²) in [5, 5.41) is 0.907. The maximum Gasteiger partial charge on any atom is 0.137 e. The van der Waals surface area contributed by atoms with Crippen LogP contribution in [0.4, 0.5) is 4.39 Å². The van der Waals surface area contributed by atoms with Crippen molar-refractivity contribution in [2.75, 3.05) is 7.11 Å². The summed E-state index contributed by atoms with van der Waals surface area (Å²) < 4.78 is 18.2. The molecule has 2 N–H and O–H groups in total. The van der Waals surface area contributed by atoms with Crippen LogP contribution in [0.2, 0.25) is 10.0 Å². The Bertz CT molecular complexity index is 619. The summed E-state index contributed by atoms with van der Waals surface area (Å²) in [5.74, 6) is 0.213. The molecule has 2 aromatic rings. The van der Waals surface area contributed by atoms with E-state index in [9.17, 15) is 4.39 Å². The third-order valence-corrected chi connectivity index (χ3v) is 3.72. The van der Waals surface area contributed by atoms with Crippen LogP contribution in [0.15, 0.2) is 36.4 Å². The van der Waals surface area contributed by atoms with Crippen LogP contribution >= 0.6 is 23.2 Å². The first-order chi connectivity index (χ1) is 9.51. The number of nitrogens with two attached hydrogens (primary N) is 1. The molecule has 5 heteroatoms. The van der Waals surface area contributed by atoms with Crippen molar-refractivity contribution in [1.29, 1.82) is 0 Å². The Morgan fingerprint density at radius 2 is 1.90 bits per heavy atom. The highest BCUT2D eigenvalue weighted by Gasteiger charge is 2.12. The summed E-state index contributed by atoms with van der Waals surface area (Å²) >= 11 is 12.0. The van der Waals surface area contributed by atoms with Gasteiger partial charge in [-0.1, -0.05) is 35.3 Å². The van der Waals surface area contributed by atoms with Crippen molar-refractivity contribution in [3.05, 3.63) is 63.4 Å². The third kappa shape index (κ3) is 3.42. The number of benzene rings is 2. The molecule has 0 spiro atoms. The molecule has 0 aliphatic carbocycles. The Balaban J connectivity index is 2.21. The lowest BCUT2D eigenvalue weighted by Gasteiger charge is -2.15. The minimum atomic E-state index is -0.361. The van der Waals surface area contributed by atoms with Crippen LogP contribution in [-0.4, -0.2) is 7.11 Å². The minimum absolute atomic E-state index is 0.274.